The van der Waals surface area contributed by atoms with Crippen molar-refractivity contribution in [3.05, 3.63) is 48.0 Å². The molecule has 1 aromatic carbocycles. The van der Waals surface area contributed by atoms with E-state index in [0.717, 1.165) is 10.8 Å². The molecule has 0 fully saturated rings. The van der Waals surface area contributed by atoms with Crippen LogP contribution < -0.4 is 0 Å². The number of halogens is 1. The first kappa shape index (κ1) is 12.2. The van der Waals surface area contributed by atoms with E-state index in [1.54, 1.807) is 31.5 Å². The van der Waals surface area contributed by atoms with Crippen LogP contribution in [0.25, 0.3) is 16.8 Å². The highest BCUT2D eigenvalue weighted by molar-refractivity contribution is 5.89. The van der Waals surface area contributed by atoms with Crippen LogP contribution in [0.3, 0.4) is 0 Å². The number of carbonyl (C=O) groups excluding carboxylic acids is 1. The predicted molar refractivity (Wildman–Crippen MR) is 67.4 cm³/mol. The third kappa shape index (κ3) is 2.71. The van der Waals surface area contributed by atoms with Crippen LogP contribution in [-0.4, -0.2) is 17.6 Å². The van der Waals surface area contributed by atoms with Crippen molar-refractivity contribution in [3.8, 4) is 0 Å². The van der Waals surface area contributed by atoms with Gasteiger partial charge in [0, 0.05) is 29.4 Å². The molecular weight excluding hydrogens is 233 g/mol. The molecule has 2 aromatic rings. The number of hydrogen-bond donors (Lipinski definition) is 0. The Hall–Kier alpha value is -2.23. The zero-order valence-corrected chi connectivity index (χ0v) is 9.89. The molecule has 0 saturated carbocycles. The Morgan fingerprint density at radius 2 is 2.28 bits per heavy atom. The molecule has 92 valence electrons. The van der Waals surface area contributed by atoms with Gasteiger partial charge in [0.05, 0.1) is 6.61 Å². The van der Waals surface area contributed by atoms with Crippen molar-refractivity contribution in [2.45, 2.75) is 6.92 Å². The molecule has 4 heteroatoms. The van der Waals surface area contributed by atoms with E-state index in [-0.39, 0.29) is 0 Å². The van der Waals surface area contributed by atoms with E-state index in [9.17, 15) is 9.18 Å². The quantitative estimate of drug-likeness (QED) is 0.616. The van der Waals surface area contributed by atoms with Crippen molar-refractivity contribution in [1.82, 2.24) is 4.98 Å². The van der Waals surface area contributed by atoms with Crippen LogP contribution >= 0.6 is 0 Å². The Morgan fingerprint density at radius 3 is 3.06 bits per heavy atom. The summed E-state index contributed by atoms with van der Waals surface area (Å²) in [7, 11) is 0. The van der Waals surface area contributed by atoms with Gasteiger partial charge in [-0.1, -0.05) is 0 Å². The smallest absolute Gasteiger partial charge is 0.330 e. The van der Waals surface area contributed by atoms with E-state index in [4.69, 9.17) is 4.74 Å². The van der Waals surface area contributed by atoms with Gasteiger partial charge in [0.2, 0.25) is 0 Å². The summed E-state index contributed by atoms with van der Waals surface area (Å²) in [4.78, 5) is 15.1. The normalized spacial score (nSPS) is 11.0. The molecular formula is C14H12FNO2. The second kappa shape index (κ2) is 5.40. The van der Waals surface area contributed by atoms with Gasteiger partial charge in [-0.2, -0.15) is 0 Å². The van der Waals surface area contributed by atoms with Crippen molar-refractivity contribution in [2.75, 3.05) is 6.61 Å². The summed E-state index contributed by atoms with van der Waals surface area (Å²) in [6, 6.07) is 4.85. The first-order valence-corrected chi connectivity index (χ1v) is 5.59. The Morgan fingerprint density at radius 1 is 1.44 bits per heavy atom. The number of nitrogens with zero attached hydrogens (tertiary/aromatic N) is 1. The first-order valence-electron chi connectivity index (χ1n) is 5.59. The van der Waals surface area contributed by atoms with Crippen LogP contribution in [0.15, 0.2) is 36.7 Å². The summed E-state index contributed by atoms with van der Waals surface area (Å²) in [5.74, 6) is -0.872. The van der Waals surface area contributed by atoms with Crippen molar-refractivity contribution in [3.63, 3.8) is 0 Å². The van der Waals surface area contributed by atoms with E-state index >= 15 is 0 Å². The van der Waals surface area contributed by atoms with Crippen LogP contribution in [-0.2, 0) is 9.53 Å². The van der Waals surface area contributed by atoms with E-state index in [1.165, 1.54) is 18.2 Å². The lowest BCUT2D eigenvalue weighted by Gasteiger charge is -2.01. The fourth-order valence-corrected chi connectivity index (χ4v) is 1.60. The lowest BCUT2D eigenvalue weighted by molar-refractivity contribution is -0.137. The highest BCUT2D eigenvalue weighted by atomic mass is 19.1. The number of carbonyl (C=O) groups is 1. The molecule has 0 aliphatic heterocycles. The monoisotopic (exact) mass is 245 g/mol. The molecule has 1 aromatic heterocycles. The van der Waals surface area contributed by atoms with E-state index in [1.807, 2.05) is 0 Å². The van der Waals surface area contributed by atoms with Crippen LogP contribution in [0.5, 0.6) is 0 Å². The molecule has 0 aliphatic rings. The van der Waals surface area contributed by atoms with Crippen LogP contribution in [0.4, 0.5) is 4.39 Å². The molecule has 0 aliphatic carbocycles. The molecule has 0 radical (unpaired) electrons. The van der Waals surface area contributed by atoms with Crippen molar-refractivity contribution in [2.24, 2.45) is 0 Å². The molecule has 0 bridgehead atoms. The summed E-state index contributed by atoms with van der Waals surface area (Å²) >= 11 is 0. The SMILES string of the molecule is CCOC(=O)/C=C/c1cc2ccncc2cc1F. The Labute approximate surface area is 104 Å². The van der Waals surface area contributed by atoms with Crippen molar-refractivity contribution >= 4 is 22.8 Å². The van der Waals surface area contributed by atoms with Gasteiger partial charge in [-0.25, -0.2) is 9.18 Å². The maximum Gasteiger partial charge on any atom is 0.330 e. The van der Waals surface area contributed by atoms with E-state index in [0.29, 0.717) is 12.2 Å². The summed E-state index contributed by atoms with van der Waals surface area (Å²) in [5, 5.41) is 1.60. The minimum atomic E-state index is -0.480. The third-order valence-electron chi connectivity index (χ3n) is 2.44. The van der Waals surface area contributed by atoms with Crippen molar-refractivity contribution in [1.29, 1.82) is 0 Å². The lowest BCUT2D eigenvalue weighted by Crippen LogP contribution is -1.98. The second-order valence-corrected chi connectivity index (χ2v) is 3.68. The number of benzene rings is 1. The Bertz CT molecular complexity index is 608. The van der Waals surface area contributed by atoms with Gasteiger partial charge in [0.1, 0.15) is 5.82 Å². The zero-order valence-electron chi connectivity index (χ0n) is 9.89. The lowest BCUT2D eigenvalue weighted by atomic mass is 10.1. The van der Waals surface area contributed by atoms with Gasteiger partial charge in [0.25, 0.3) is 0 Å². The number of ether oxygens (including phenoxy) is 1. The standard InChI is InChI=1S/C14H12FNO2/c1-2-18-14(17)4-3-11-7-10-5-6-16-9-12(10)8-13(11)15/h3-9H,2H2,1H3/b4-3+. The molecule has 3 nitrogen and oxygen atoms in total. The molecule has 0 unspecified atom stereocenters. The van der Waals surface area contributed by atoms with E-state index in [2.05, 4.69) is 4.98 Å². The van der Waals surface area contributed by atoms with Gasteiger partial charge < -0.3 is 4.74 Å². The summed E-state index contributed by atoms with van der Waals surface area (Å²) in [5.41, 5.74) is 0.349. The Balaban J connectivity index is 2.33. The zero-order chi connectivity index (χ0) is 13.0. The average molecular weight is 245 g/mol. The minimum absolute atomic E-state index is 0.301. The van der Waals surface area contributed by atoms with Crippen molar-refractivity contribution < 1.29 is 13.9 Å². The van der Waals surface area contributed by atoms with Crippen LogP contribution in [0.1, 0.15) is 12.5 Å². The molecule has 0 saturated heterocycles. The van der Waals surface area contributed by atoms with Gasteiger partial charge in [-0.3, -0.25) is 4.98 Å². The summed E-state index contributed by atoms with van der Waals surface area (Å²) in [6.07, 6.45) is 5.86. The highest BCUT2D eigenvalue weighted by Crippen LogP contribution is 2.19. The second-order valence-electron chi connectivity index (χ2n) is 3.68. The number of rotatable bonds is 3. The molecule has 0 N–H and O–H groups in total. The number of hydrogen-bond acceptors (Lipinski definition) is 3. The number of fused-ring (bicyclic) bond motifs is 1. The molecule has 0 atom stereocenters. The molecule has 18 heavy (non-hydrogen) atoms. The highest BCUT2D eigenvalue weighted by Gasteiger charge is 2.03. The summed E-state index contributed by atoms with van der Waals surface area (Å²) < 4.78 is 18.5. The molecule has 0 amide bonds. The fraction of sp³-hybridized carbons (Fsp3) is 0.143. The average Bonchev–Trinajstić information content (AvgIpc) is 2.36. The van der Waals surface area contributed by atoms with Crippen LogP contribution in [0, 0.1) is 5.82 Å². The number of pyridine rings is 1. The van der Waals surface area contributed by atoms with Gasteiger partial charge in [0.15, 0.2) is 0 Å². The molecule has 1 heterocycles. The van der Waals surface area contributed by atoms with Crippen LogP contribution in [0.2, 0.25) is 0 Å². The maximum atomic E-state index is 13.7. The molecule has 2 rings (SSSR count). The Kier molecular flexibility index (Phi) is 3.67. The van der Waals surface area contributed by atoms with Gasteiger partial charge >= 0.3 is 5.97 Å². The van der Waals surface area contributed by atoms with E-state index < -0.39 is 11.8 Å². The third-order valence-corrected chi connectivity index (χ3v) is 2.44. The van der Waals surface area contributed by atoms with Gasteiger partial charge in [-0.05, 0) is 36.6 Å². The number of aromatic nitrogens is 1. The maximum absolute atomic E-state index is 13.7. The largest absolute Gasteiger partial charge is 0.463 e. The predicted octanol–water partition coefficient (Wildman–Crippen LogP) is 2.95. The summed E-state index contributed by atoms with van der Waals surface area (Å²) in [6.45, 7) is 2.02. The molecule has 0 spiro atoms. The fourth-order valence-electron chi connectivity index (χ4n) is 1.60. The number of esters is 1. The topological polar surface area (TPSA) is 39.2 Å². The first-order chi connectivity index (χ1) is 8.70. The minimum Gasteiger partial charge on any atom is -0.463 e. The van der Waals surface area contributed by atoms with Gasteiger partial charge in [-0.15, -0.1) is 0 Å².